The highest BCUT2D eigenvalue weighted by molar-refractivity contribution is 7.99. The Morgan fingerprint density at radius 2 is 0.887 bits per heavy atom. The van der Waals surface area contributed by atoms with Gasteiger partial charge in [-0.05, 0) is 125 Å². The van der Waals surface area contributed by atoms with Crippen molar-refractivity contribution in [1.82, 2.24) is 4.57 Å². The minimum Gasteiger partial charge on any atom is -0.310 e. The van der Waals surface area contributed by atoms with Crippen LogP contribution in [0.1, 0.15) is 0 Å². The Balaban J connectivity index is 0.914. The van der Waals surface area contributed by atoms with Crippen LogP contribution in [-0.2, 0) is 0 Å². The molecule has 0 N–H and O–H groups in total. The van der Waals surface area contributed by atoms with Crippen LogP contribution in [0.15, 0.2) is 246 Å². The lowest BCUT2D eigenvalue weighted by Crippen LogP contribution is -2.14. The van der Waals surface area contributed by atoms with E-state index in [9.17, 15) is 0 Å². The Bertz CT molecular complexity index is 3420. The van der Waals surface area contributed by atoms with Crippen molar-refractivity contribution in [3.8, 4) is 27.9 Å². The summed E-state index contributed by atoms with van der Waals surface area (Å²) in [4.78, 5) is 7.27. The first-order valence-electron chi connectivity index (χ1n) is 21.1. The van der Waals surface area contributed by atoms with Crippen LogP contribution in [0, 0.1) is 0 Å². The molecule has 0 saturated carbocycles. The van der Waals surface area contributed by atoms with E-state index in [1.165, 1.54) is 81.7 Å². The standard InChI is InChI=1S/C58H39N3S/c1-3-16-45(17-4-1)60-53-22-10-9-21-50(53)51-38-43(30-36-54(51)60)40-26-32-47(33-27-40)59(52-24-13-15-42-14-7-8-20-49(42)52)48-34-28-41(29-35-48)44-31-37-56-58(39-44)62-57-25-12-11-23-55(57)61(56)46-18-5-2-6-19-46/h1-39H. The van der Waals surface area contributed by atoms with Crippen LogP contribution in [-0.4, -0.2) is 4.57 Å². The predicted octanol–water partition coefficient (Wildman–Crippen LogP) is 16.7. The van der Waals surface area contributed by atoms with E-state index in [1.807, 2.05) is 11.8 Å². The van der Waals surface area contributed by atoms with E-state index < -0.39 is 0 Å². The Morgan fingerprint density at radius 3 is 1.65 bits per heavy atom. The summed E-state index contributed by atoms with van der Waals surface area (Å²) in [7, 11) is 0. The molecule has 0 saturated heterocycles. The quantitative estimate of drug-likeness (QED) is 0.159. The number of aromatic nitrogens is 1. The average molecular weight is 810 g/mol. The van der Waals surface area contributed by atoms with Gasteiger partial charge in [0, 0.05) is 48.7 Å². The number of anilines is 6. The highest BCUT2D eigenvalue weighted by Crippen LogP contribution is 2.52. The van der Waals surface area contributed by atoms with Gasteiger partial charge in [0.15, 0.2) is 0 Å². The highest BCUT2D eigenvalue weighted by Gasteiger charge is 2.25. The second-order valence-electron chi connectivity index (χ2n) is 15.8. The number of benzene rings is 10. The molecule has 0 atom stereocenters. The zero-order chi connectivity index (χ0) is 41.0. The molecule has 0 fully saturated rings. The van der Waals surface area contributed by atoms with Crippen molar-refractivity contribution in [2.24, 2.45) is 0 Å². The predicted molar refractivity (Wildman–Crippen MR) is 263 cm³/mol. The molecular formula is C58H39N3S. The summed E-state index contributed by atoms with van der Waals surface area (Å²) >= 11 is 1.84. The molecular weight excluding hydrogens is 771 g/mol. The summed E-state index contributed by atoms with van der Waals surface area (Å²) in [6.07, 6.45) is 0. The van der Waals surface area contributed by atoms with E-state index in [1.54, 1.807) is 0 Å². The zero-order valence-corrected chi connectivity index (χ0v) is 34.6. The van der Waals surface area contributed by atoms with Crippen LogP contribution in [0.2, 0.25) is 0 Å². The topological polar surface area (TPSA) is 11.4 Å². The third-order valence-corrected chi connectivity index (χ3v) is 13.3. The van der Waals surface area contributed by atoms with Crippen LogP contribution in [0.5, 0.6) is 0 Å². The Kier molecular flexibility index (Phi) is 8.75. The van der Waals surface area contributed by atoms with Crippen molar-refractivity contribution in [2.75, 3.05) is 9.80 Å². The third-order valence-electron chi connectivity index (χ3n) is 12.2. The van der Waals surface area contributed by atoms with Crippen LogP contribution in [0.4, 0.5) is 34.1 Å². The molecule has 1 aliphatic rings. The van der Waals surface area contributed by atoms with Gasteiger partial charge >= 0.3 is 0 Å². The molecule has 0 aliphatic carbocycles. The molecule has 12 rings (SSSR count). The third kappa shape index (κ3) is 6.15. The number of hydrogen-bond donors (Lipinski definition) is 0. The fraction of sp³-hybridized carbons (Fsp3) is 0. The van der Waals surface area contributed by atoms with Crippen molar-refractivity contribution in [2.45, 2.75) is 9.79 Å². The Morgan fingerprint density at radius 1 is 0.339 bits per heavy atom. The van der Waals surface area contributed by atoms with Gasteiger partial charge in [-0.3, -0.25) is 0 Å². The van der Waals surface area contributed by atoms with Crippen molar-refractivity contribution in [1.29, 1.82) is 0 Å². The second-order valence-corrected chi connectivity index (χ2v) is 16.9. The van der Waals surface area contributed by atoms with Crippen LogP contribution in [0.25, 0.3) is 60.5 Å². The Hall–Kier alpha value is -7.79. The molecule has 0 unspecified atom stereocenters. The minimum atomic E-state index is 1.10. The largest absolute Gasteiger partial charge is 0.310 e. The molecule has 3 nitrogen and oxygen atoms in total. The van der Waals surface area contributed by atoms with Gasteiger partial charge < -0.3 is 14.4 Å². The van der Waals surface area contributed by atoms with Gasteiger partial charge in [0.25, 0.3) is 0 Å². The first-order valence-corrected chi connectivity index (χ1v) is 21.9. The zero-order valence-electron chi connectivity index (χ0n) is 33.8. The molecule has 4 heteroatoms. The lowest BCUT2D eigenvalue weighted by Gasteiger charge is -2.33. The fourth-order valence-electron chi connectivity index (χ4n) is 9.24. The van der Waals surface area contributed by atoms with E-state index in [0.717, 1.165) is 22.7 Å². The van der Waals surface area contributed by atoms with Gasteiger partial charge in [-0.25, -0.2) is 0 Å². The maximum atomic E-state index is 2.39. The molecule has 62 heavy (non-hydrogen) atoms. The van der Waals surface area contributed by atoms with E-state index in [-0.39, 0.29) is 0 Å². The van der Waals surface area contributed by atoms with Crippen molar-refractivity contribution >= 4 is 78.5 Å². The highest BCUT2D eigenvalue weighted by atomic mass is 32.2. The van der Waals surface area contributed by atoms with Gasteiger partial charge in [0.05, 0.1) is 28.1 Å². The minimum absolute atomic E-state index is 1.10. The summed E-state index contributed by atoms with van der Waals surface area (Å²) in [6.45, 7) is 0. The van der Waals surface area contributed by atoms with Crippen molar-refractivity contribution < 1.29 is 0 Å². The molecule has 292 valence electrons. The maximum Gasteiger partial charge on any atom is 0.0602 e. The first kappa shape index (κ1) is 36.1. The van der Waals surface area contributed by atoms with Gasteiger partial charge in [-0.1, -0.05) is 151 Å². The number of rotatable bonds is 7. The van der Waals surface area contributed by atoms with Crippen LogP contribution >= 0.6 is 11.8 Å². The van der Waals surface area contributed by atoms with Gasteiger partial charge in [0.1, 0.15) is 0 Å². The van der Waals surface area contributed by atoms with E-state index in [2.05, 4.69) is 251 Å². The smallest absolute Gasteiger partial charge is 0.0602 e. The summed E-state index contributed by atoms with van der Waals surface area (Å²) < 4.78 is 2.37. The first-order chi connectivity index (χ1) is 30.7. The van der Waals surface area contributed by atoms with E-state index in [0.29, 0.717) is 0 Å². The molecule has 0 bridgehead atoms. The molecule has 0 amide bonds. The number of para-hydroxylation sites is 4. The molecule has 11 aromatic rings. The van der Waals surface area contributed by atoms with E-state index >= 15 is 0 Å². The monoisotopic (exact) mass is 809 g/mol. The normalized spacial score (nSPS) is 12.1. The van der Waals surface area contributed by atoms with Gasteiger partial charge in [0.2, 0.25) is 0 Å². The summed E-state index contributed by atoms with van der Waals surface area (Å²) in [5.41, 5.74) is 15.2. The summed E-state index contributed by atoms with van der Waals surface area (Å²) in [5, 5.41) is 4.92. The van der Waals surface area contributed by atoms with E-state index in [4.69, 9.17) is 0 Å². The van der Waals surface area contributed by atoms with Crippen LogP contribution in [0.3, 0.4) is 0 Å². The van der Waals surface area contributed by atoms with Crippen LogP contribution < -0.4 is 9.80 Å². The number of hydrogen-bond acceptors (Lipinski definition) is 3. The average Bonchev–Trinajstić information content (AvgIpc) is 3.68. The lowest BCUT2D eigenvalue weighted by molar-refractivity contribution is 1.17. The second kappa shape index (κ2) is 15.0. The van der Waals surface area contributed by atoms with Crippen molar-refractivity contribution in [3.05, 3.63) is 237 Å². The summed E-state index contributed by atoms with van der Waals surface area (Å²) in [5.74, 6) is 0. The SMILES string of the molecule is c1ccc(N2c3ccccc3Sc3cc(-c4ccc(N(c5ccc(-c6ccc7c(c6)c6ccccc6n7-c6ccccc6)cc5)c5cccc6ccccc56)cc4)ccc32)cc1. The van der Waals surface area contributed by atoms with Gasteiger partial charge in [-0.2, -0.15) is 0 Å². The molecule has 1 aromatic heterocycles. The van der Waals surface area contributed by atoms with Gasteiger partial charge in [-0.15, -0.1) is 0 Å². The Labute approximate surface area is 365 Å². The molecule has 10 aromatic carbocycles. The fourth-order valence-corrected chi connectivity index (χ4v) is 10.3. The van der Waals surface area contributed by atoms with Crippen molar-refractivity contribution in [3.63, 3.8) is 0 Å². The molecule has 0 radical (unpaired) electrons. The summed E-state index contributed by atoms with van der Waals surface area (Å²) in [6, 6.07) is 85.8. The lowest BCUT2D eigenvalue weighted by atomic mass is 10.0. The molecule has 0 spiro atoms. The number of fused-ring (bicyclic) bond motifs is 6. The molecule has 1 aliphatic heterocycles. The number of nitrogens with zero attached hydrogens (tertiary/aromatic N) is 3. The molecule has 2 heterocycles. The maximum absolute atomic E-state index is 2.39.